The Hall–Kier alpha value is -4.11. The molecular weight excluding hydrogens is 390 g/mol. The number of carbonyl (C=O) groups excluding carboxylic acids is 2. The highest BCUT2D eigenvalue weighted by atomic mass is 16.5. The van der Waals surface area contributed by atoms with Crippen molar-refractivity contribution in [3.8, 4) is 17.6 Å². The summed E-state index contributed by atoms with van der Waals surface area (Å²) in [4.78, 5) is 30.9. The van der Waals surface area contributed by atoms with Gasteiger partial charge in [0.25, 0.3) is 0 Å². The summed E-state index contributed by atoms with van der Waals surface area (Å²) >= 11 is 0. The summed E-state index contributed by atoms with van der Waals surface area (Å²) in [5.41, 5.74) is 2.84. The lowest BCUT2D eigenvalue weighted by Crippen LogP contribution is -2.38. The molecule has 0 fully saturated rings. The maximum atomic E-state index is 12.7. The minimum Gasteiger partial charge on any atom is -0.490 e. The molecule has 1 aliphatic heterocycles. The van der Waals surface area contributed by atoms with Crippen LogP contribution in [-0.4, -0.2) is 29.9 Å². The van der Waals surface area contributed by atoms with Gasteiger partial charge in [0, 0.05) is 30.3 Å². The molecule has 6 heteroatoms. The summed E-state index contributed by atoms with van der Waals surface area (Å²) in [6.45, 7) is 0.926. The number of aromatic nitrogens is 1. The number of nitrogens with one attached hydrogen (secondary N) is 1. The van der Waals surface area contributed by atoms with Gasteiger partial charge in [-0.05, 0) is 48.4 Å². The molecule has 4 rings (SSSR count). The zero-order chi connectivity index (χ0) is 21.5. The fourth-order valence-corrected chi connectivity index (χ4v) is 3.26. The predicted octanol–water partition coefficient (Wildman–Crippen LogP) is 3.63. The number of ether oxygens (including phenoxy) is 1. The van der Waals surface area contributed by atoms with E-state index in [1.165, 1.54) is 0 Å². The van der Waals surface area contributed by atoms with Crippen LogP contribution in [-0.2, 0) is 9.59 Å². The summed E-state index contributed by atoms with van der Waals surface area (Å²) in [5, 5.41) is 2.84. The maximum absolute atomic E-state index is 12.7. The highest BCUT2D eigenvalue weighted by molar-refractivity contribution is 5.99. The van der Waals surface area contributed by atoms with E-state index in [9.17, 15) is 9.59 Å². The normalized spacial score (nSPS) is 12.1. The van der Waals surface area contributed by atoms with Crippen LogP contribution < -0.4 is 15.0 Å². The standard InChI is InChI=1S/C25H21N3O3/c29-24(13-14-25(30)28-16-17-31-23-10-2-1-9-22(23)28)27-21-8-5-6-19(18-21)11-12-20-7-3-4-15-26-20/h1-10,15,18H,13-14,16-17H2,(H,27,29). The fraction of sp³-hybridized carbons (Fsp3) is 0.160. The Morgan fingerprint density at radius 2 is 1.87 bits per heavy atom. The number of nitrogens with zero attached hydrogens (tertiary/aromatic N) is 2. The molecule has 0 spiro atoms. The number of rotatable bonds is 4. The number of hydrogen-bond donors (Lipinski definition) is 1. The Morgan fingerprint density at radius 1 is 1.00 bits per heavy atom. The quantitative estimate of drug-likeness (QED) is 0.666. The molecule has 1 aliphatic rings. The van der Waals surface area contributed by atoms with Crippen LogP contribution in [0.2, 0.25) is 0 Å². The van der Waals surface area contributed by atoms with Crippen LogP contribution >= 0.6 is 0 Å². The van der Waals surface area contributed by atoms with Gasteiger partial charge in [0.05, 0.1) is 12.2 Å². The number of pyridine rings is 1. The number of hydrogen-bond acceptors (Lipinski definition) is 4. The molecule has 0 atom stereocenters. The molecule has 154 valence electrons. The Balaban J connectivity index is 1.33. The molecule has 0 saturated heterocycles. The van der Waals surface area contributed by atoms with Gasteiger partial charge in [-0.2, -0.15) is 0 Å². The molecule has 1 N–H and O–H groups in total. The van der Waals surface area contributed by atoms with E-state index in [1.807, 2.05) is 54.6 Å². The lowest BCUT2D eigenvalue weighted by molar-refractivity contribution is -0.122. The molecular formula is C25H21N3O3. The summed E-state index contributed by atoms with van der Waals surface area (Å²) in [6, 6.07) is 20.3. The van der Waals surface area contributed by atoms with Crippen molar-refractivity contribution in [3.63, 3.8) is 0 Å². The summed E-state index contributed by atoms with van der Waals surface area (Å²) < 4.78 is 5.58. The number of fused-ring (bicyclic) bond motifs is 1. The number of para-hydroxylation sites is 2. The highest BCUT2D eigenvalue weighted by Gasteiger charge is 2.23. The van der Waals surface area contributed by atoms with E-state index in [0.717, 1.165) is 11.3 Å². The van der Waals surface area contributed by atoms with Crippen LogP contribution in [0.25, 0.3) is 0 Å². The molecule has 0 bridgehead atoms. The first-order chi connectivity index (χ1) is 15.2. The predicted molar refractivity (Wildman–Crippen MR) is 119 cm³/mol. The highest BCUT2D eigenvalue weighted by Crippen LogP contribution is 2.31. The van der Waals surface area contributed by atoms with E-state index >= 15 is 0 Å². The Labute approximate surface area is 180 Å². The van der Waals surface area contributed by atoms with Gasteiger partial charge in [-0.1, -0.05) is 30.2 Å². The molecule has 0 aliphatic carbocycles. The van der Waals surface area contributed by atoms with Gasteiger partial charge < -0.3 is 15.0 Å². The first kappa shape index (κ1) is 20.2. The SMILES string of the molecule is O=C(CCC(=O)N1CCOc2ccccc21)Nc1cccc(C#Cc2ccccn2)c1. The van der Waals surface area contributed by atoms with Crippen LogP contribution in [0.3, 0.4) is 0 Å². The Bertz CT molecular complexity index is 1150. The topological polar surface area (TPSA) is 71.5 Å². The van der Waals surface area contributed by atoms with Gasteiger partial charge in [0.15, 0.2) is 0 Å². The Kier molecular flexibility index (Phi) is 6.24. The maximum Gasteiger partial charge on any atom is 0.227 e. The largest absolute Gasteiger partial charge is 0.490 e. The smallest absolute Gasteiger partial charge is 0.227 e. The zero-order valence-electron chi connectivity index (χ0n) is 16.9. The van der Waals surface area contributed by atoms with E-state index in [0.29, 0.717) is 30.3 Å². The molecule has 31 heavy (non-hydrogen) atoms. The monoisotopic (exact) mass is 411 g/mol. The van der Waals surface area contributed by atoms with Crippen molar-refractivity contribution < 1.29 is 14.3 Å². The average Bonchev–Trinajstić information content (AvgIpc) is 2.82. The molecule has 2 aromatic carbocycles. The van der Waals surface area contributed by atoms with Crippen LogP contribution in [0, 0.1) is 11.8 Å². The van der Waals surface area contributed by atoms with Gasteiger partial charge in [0.1, 0.15) is 18.1 Å². The summed E-state index contributed by atoms with van der Waals surface area (Å²) in [7, 11) is 0. The van der Waals surface area contributed by atoms with E-state index in [-0.39, 0.29) is 24.7 Å². The van der Waals surface area contributed by atoms with Crippen LogP contribution in [0.15, 0.2) is 72.9 Å². The van der Waals surface area contributed by atoms with E-state index in [2.05, 4.69) is 22.1 Å². The van der Waals surface area contributed by atoms with Crippen molar-refractivity contribution in [2.24, 2.45) is 0 Å². The first-order valence-corrected chi connectivity index (χ1v) is 10.0. The third-order valence-electron chi connectivity index (χ3n) is 4.74. The van der Waals surface area contributed by atoms with Gasteiger partial charge in [-0.25, -0.2) is 4.98 Å². The van der Waals surface area contributed by atoms with Gasteiger partial charge in [-0.15, -0.1) is 0 Å². The van der Waals surface area contributed by atoms with Crippen molar-refractivity contribution in [1.82, 2.24) is 4.98 Å². The lowest BCUT2D eigenvalue weighted by Gasteiger charge is -2.29. The average molecular weight is 411 g/mol. The molecule has 2 amide bonds. The number of anilines is 2. The Morgan fingerprint density at radius 3 is 2.74 bits per heavy atom. The lowest BCUT2D eigenvalue weighted by atomic mass is 10.1. The fourth-order valence-electron chi connectivity index (χ4n) is 3.26. The van der Waals surface area contributed by atoms with Crippen molar-refractivity contribution >= 4 is 23.2 Å². The number of carbonyl (C=O) groups is 2. The van der Waals surface area contributed by atoms with E-state index in [1.54, 1.807) is 23.2 Å². The molecule has 0 radical (unpaired) electrons. The second-order valence-electron chi connectivity index (χ2n) is 6.96. The number of amides is 2. The van der Waals surface area contributed by atoms with Gasteiger partial charge in [0.2, 0.25) is 11.8 Å². The second-order valence-corrected chi connectivity index (χ2v) is 6.96. The molecule has 0 saturated carbocycles. The minimum absolute atomic E-state index is 0.0964. The van der Waals surface area contributed by atoms with Gasteiger partial charge in [-0.3, -0.25) is 9.59 Å². The third-order valence-corrected chi connectivity index (χ3v) is 4.74. The van der Waals surface area contributed by atoms with Crippen LogP contribution in [0.4, 0.5) is 11.4 Å². The van der Waals surface area contributed by atoms with Crippen LogP contribution in [0.1, 0.15) is 24.1 Å². The molecule has 2 heterocycles. The second kappa shape index (κ2) is 9.59. The molecule has 6 nitrogen and oxygen atoms in total. The van der Waals surface area contributed by atoms with Crippen LogP contribution in [0.5, 0.6) is 5.75 Å². The minimum atomic E-state index is -0.218. The van der Waals surface area contributed by atoms with E-state index in [4.69, 9.17) is 4.74 Å². The summed E-state index contributed by atoms with van der Waals surface area (Å²) in [6.07, 6.45) is 1.92. The first-order valence-electron chi connectivity index (χ1n) is 10.0. The molecule has 3 aromatic rings. The third kappa shape index (κ3) is 5.28. The molecule has 0 unspecified atom stereocenters. The van der Waals surface area contributed by atoms with Crippen molar-refractivity contribution in [2.45, 2.75) is 12.8 Å². The molecule has 1 aromatic heterocycles. The van der Waals surface area contributed by atoms with E-state index < -0.39 is 0 Å². The van der Waals surface area contributed by atoms with Gasteiger partial charge >= 0.3 is 0 Å². The number of benzene rings is 2. The van der Waals surface area contributed by atoms with Crippen molar-refractivity contribution in [2.75, 3.05) is 23.4 Å². The van der Waals surface area contributed by atoms with Crippen molar-refractivity contribution in [1.29, 1.82) is 0 Å². The zero-order valence-corrected chi connectivity index (χ0v) is 16.9. The summed E-state index contributed by atoms with van der Waals surface area (Å²) in [5.74, 6) is 6.41. The van der Waals surface area contributed by atoms with Crippen molar-refractivity contribution in [3.05, 3.63) is 84.2 Å².